The summed E-state index contributed by atoms with van der Waals surface area (Å²) in [5.74, 6) is 0.911. The van der Waals surface area contributed by atoms with Crippen molar-refractivity contribution in [2.45, 2.75) is 31.2 Å². The van der Waals surface area contributed by atoms with Gasteiger partial charge >= 0.3 is 0 Å². The fourth-order valence-corrected chi connectivity index (χ4v) is 4.11. The normalized spacial score (nSPS) is 14.7. The molecule has 1 unspecified atom stereocenters. The van der Waals surface area contributed by atoms with Crippen molar-refractivity contribution in [2.24, 2.45) is 0 Å². The number of hydrogen-bond donors (Lipinski definition) is 1. The molecular weight excluding hydrogens is 380 g/mol. The van der Waals surface area contributed by atoms with Crippen LogP contribution in [0.4, 0.5) is 5.69 Å². The van der Waals surface area contributed by atoms with Gasteiger partial charge in [0, 0.05) is 6.04 Å². The van der Waals surface area contributed by atoms with Gasteiger partial charge in [-0.05, 0) is 49.7 Å². The molecule has 8 heteroatoms. The third-order valence-electron chi connectivity index (χ3n) is 4.49. The second-order valence-corrected chi connectivity index (χ2v) is 8.27. The fraction of sp³-hybridized carbons (Fsp3) is 0.350. The van der Waals surface area contributed by atoms with Crippen molar-refractivity contribution in [3.8, 4) is 11.5 Å². The average Bonchev–Trinajstić information content (AvgIpc) is 2.71. The average molecular weight is 404 g/mol. The van der Waals surface area contributed by atoms with E-state index >= 15 is 0 Å². The lowest BCUT2D eigenvalue weighted by Crippen LogP contribution is -2.40. The van der Waals surface area contributed by atoms with Crippen LogP contribution in [-0.4, -0.2) is 40.1 Å². The van der Waals surface area contributed by atoms with E-state index < -0.39 is 10.0 Å². The summed E-state index contributed by atoms with van der Waals surface area (Å²) < 4.78 is 38.3. The molecule has 0 saturated heterocycles. The Balaban J connectivity index is 1.62. The highest BCUT2D eigenvalue weighted by Crippen LogP contribution is 2.31. The van der Waals surface area contributed by atoms with Crippen LogP contribution in [0.25, 0.3) is 0 Å². The number of carbonyl (C=O) groups excluding carboxylic acids is 1. The maximum Gasteiger partial charge on any atom is 0.265 e. The summed E-state index contributed by atoms with van der Waals surface area (Å²) in [6, 6.07) is 13.2. The minimum Gasteiger partial charge on any atom is -0.490 e. The van der Waals surface area contributed by atoms with Crippen LogP contribution in [0.15, 0.2) is 53.4 Å². The summed E-state index contributed by atoms with van der Waals surface area (Å²) >= 11 is 0. The summed E-state index contributed by atoms with van der Waals surface area (Å²) in [6.07, 6.45) is 0.702. The Bertz CT molecular complexity index is 928. The van der Waals surface area contributed by atoms with Crippen molar-refractivity contribution in [1.82, 2.24) is 4.72 Å². The summed E-state index contributed by atoms with van der Waals surface area (Å²) in [4.78, 5) is 14.3. The van der Waals surface area contributed by atoms with Crippen molar-refractivity contribution in [2.75, 3.05) is 24.7 Å². The summed E-state index contributed by atoms with van der Waals surface area (Å²) in [6.45, 7) is 4.46. The first-order chi connectivity index (χ1) is 13.4. The standard InChI is InChI=1S/C20H24N2O5S/c1-3-15(2)21-28(24,25)17-10-8-16(9-11-17)27-14-20(23)22-12-13-26-19-7-5-4-6-18(19)22/h4-11,15,21H,3,12-14H2,1-2H3. The second kappa shape index (κ2) is 8.62. The lowest BCUT2D eigenvalue weighted by atomic mass is 10.2. The van der Waals surface area contributed by atoms with Crippen LogP contribution in [0.3, 0.4) is 0 Å². The SMILES string of the molecule is CCC(C)NS(=O)(=O)c1ccc(OCC(=O)N2CCOc3ccccc32)cc1. The Morgan fingerprint density at radius 3 is 2.64 bits per heavy atom. The zero-order valence-electron chi connectivity index (χ0n) is 15.9. The maximum absolute atomic E-state index is 12.6. The molecule has 1 atom stereocenters. The van der Waals surface area contributed by atoms with Crippen molar-refractivity contribution in [3.05, 3.63) is 48.5 Å². The van der Waals surface area contributed by atoms with Crippen molar-refractivity contribution < 1.29 is 22.7 Å². The molecule has 28 heavy (non-hydrogen) atoms. The Morgan fingerprint density at radius 1 is 1.21 bits per heavy atom. The van der Waals surface area contributed by atoms with Gasteiger partial charge < -0.3 is 14.4 Å². The first-order valence-corrected chi connectivity index (χ1v) is 10.7. The number of fused-ring (bicyclic) bond motifs is 1. The number of hydrogen-bond acceptors (Lipinski definition) is 5. The maximum atomic E-state index is 12.6. The summed E-state index contributed by atoms with van der Waals surface area (Å²) in [5.41, 5.74) is 0.722. The van der Waals surface area contributed by atoms with Gasteiger partial charge in [-0.15, -0.1) is 0 Å². The molecule has 1 aliphatic heterocycles. The molecule has 1 heterocycles. The van der Waals surface area contributed by atoms with E-state index in [9.17, 15) is 13.2 Å². The van der Waals surface area contributed by atoms with E-state index in [1.165, 1.54) is 12.1 Å². The van der Waals surface area contributed by atoms with E-state index in [-0.39, 0.29) is 23.5 Å². The molecule has 0 aliphatic carbocycles. The van der Waals surface area contributed by atoms with Crippen LogP contribution in [-0.2, 0) is 14.8 Å². The van der Waals surface area contributed by atoms with E-state index in [1.54, 1.807) is 17.0 Å². The topological polar surface area (TPSA) is 84.9 Å². The third kappa shape index (κ3) is 4.63. The van der Waals surface area contributed by atoms with E-state index in [0.717, 1.165) is 5.69 Å². The molecular formula is C20H24N2O5S. The molecule has 1 N–H and O–H groups in total. The quantitative estimate of drug-likeness (QED) is 0.767. The van der Waals surface area contributed by atoms with Crippen molar-refractivity contribution in [1.29, 1.82) is 0 Å². The largest absolute Gasteiger partial charge is 0.490 e. The highest BCUT2D eigenvalue weighted by Gasteiger charge is 2.23. The number of sulfonamides is 1. The van der Waals surface area contributed by atoms with Gasteiger partial charge in [0.2, 0.25) is 10.0 Å². The van der Waals surface area contributed by atoms with E-state index in [1.807, 2.05) is 38.1 Å². The van der Waals surface area contributed by atoms with Crippen LogP contribution in [0.1, 0.15) is 20.3 Å². The third-order valence-corrected chi connectivity index (χ3v) is 6.10. The molecule has 0 radical (unpaired) electrons. The predicted molar refractivity (Wildman–Crippen MR) is 106 cm³/mol. The highest BCUT2D eigenvalue weighted by atomic mass is 32.2. The van der Waals surface area contributed by atoms with Gasteiger partial charge in [0.05, 0.1) is 17.1 Å². The molecule has 0 bridgehead atoms. The van der Waals surface area contributed by atoms with Crippen molar-refractivity contribution in [3.63, 3.8) is 0 Å². The Labute approximate surface area is 165 Å². The lowest BCUT2D eigenvalue weighted by Gasteiger charge is -2.29. The zero-order valence-corrected chi connectivity index (χ0v) is 16.7. The van der Waals surface area contributed by atoms with Gasteiger partial charge in [0.1, 0.15) is 18.1 Å². The molecule has 0 aromatic heterocycles. The zero-order chi connectivity index (χ0) is 20.1. The highest BCUT2D eigenvalue weighted by molar-refractivity contribution is 7.89. The van der Waals surface area contributed by atoms with Gasteiger partial charge in [0.15, 0.2) is 6.61 Å². The Kier molecular flexibility index (Phi) is 6.21. The molecule has 2 aromatic carbocycles. The fourth-order valence-electron chi connectivity index (χ4n) is 2.78. The van der Waals surface area contributed by atoms with E-state index in [0.29, 0.717) is 31.1 Å². The first-order valence-electron chi connectivity index (χ1n) is 9.18. The smallest absolute Gasteiger partial charge is 0.265 e. The number of benzene rings is 2. The monoisotopic (exact) mass is 404 g/mol. The van der Waals surface area contributed by atoms with Crippen LogP contribution in [0.2, 0.25) is 0 Å². The second-order valence-electron chi connectivity index (χ2n) is 6.55. The van der Waals surface area contributed by atoms with Gasteiger partial charge in [-0.1, -0.05) is 19.1 Å². The number of nitrogens with one attached hydrogen (secondary N) is 1. The molecule has 1 amide bonds. The predicted octanol–water partition coefficient (Wildman–Crippen LogP) is 2.57. The van der Waals surface area contributed by atoms with E-state index in [4.69, 9.17) is 9.47 Å². The number of carbonyl (C=O) groups is 1. The number of amides is 1. The van der Waals surface area contributed by atoms with Gasteiger partial charge in [-0.3, -0.25) is 4.79 Å². The van der Waals surface area contributed by atoms with Gasteiger partial charge in [-0.2, -0.15) is 0 Å². The lowest BCUT2D eigenvalue weighted by molar-refractivity contribution is -0.120. The molecule has 1 aliphatic rings. The molecule has 2 aromatic rings. The molecule has 3 rings (SSSR count). The molecule has 0 fully saturated rings. The molecule has 150 valence electrons. The Morgan fingerprint density at radius 2 is 1.93 bits per heavy atom. The summed E-state index contributed by atoms with van der Waals surface area (Å²) in [7, 11) is -3.56. The first kappa shape index (κ1) is 20.2. The molecule has 7 nitrogen and oxygen atoms in total. The minimum atomic E-state index is -3.56. The van der Waals surface area contributed by atoms with Crippen LogP contribution in [0.5, 0.6) is 11.5 Å². The number of para-hydroxylation sites is 2. The molecule has 0 saturated carbocycles. The van der Waals surface area contributed by atoms with Crippen LogP contribution < -0.4 is 19.1 Å². The number of rotatable bonds is 7. The van der Waals surface area contributed by atoms with Crippen molar-refractivity contribution >= 4 is 21.6 Å². The minimum absolute atomic E-state index is 0.144. The number of anilines is 1. The van der Waals surface area contributed by atoms with E-state index in [2.05, 4.69) is 4.72 Å². The summed E-state index contributed by atoms with van der Waals surface area (Å²) in [5, 5.41) is 0. The molecule has 0 spiro atoms. The number of nitrogens with zero attached hydrogens (tertiary/aromatic N) is 1. The number of ether oxygens (including phenoxy) is 2. The van der Waals surface area contributed by atoms with Gasteiger partial charge in [-0.25, -0.2) is 13.1 Å². The van der Waals surface area contributed by atoms with Crippen LogP contribution >= 0.6 is 0 Å². The Hall–Kier alpha value is -2.58. The van der Waals surface area contributed by atoms with Crippen LogP contribution in [0, 0.1) is 0 Å². The van der Waals surface area contributed by atoms with Gasteiger partial charge in [0.25, 0.3) is 5.91 Å².